The fraction of sp³-hybridized carbons (Fsp3) is 0.0833. The number of aromatic nitrogens is 1. The molecule has 2 rings (SSSR count). The van der Waals surface area contributed by atoms with Crippen LogP contribution in [0.3, 0.4) is 0 Å². The highest BCUT2D eigenvalue weighted by molar-refractivity contribution is 7.92. The molecule has 0 spiro atoms. The second-order valence-corrected chi connectivity index (χ2v) is 5.67. The van der Waals surface area contributed by atoms with E-state index in [0.29, 0.717) is 6.07 Å². The monoisotopic (exact) mass is 320 g/mol. The van der Waals surface area contributed by atoms with E-state index < -0.39 is 27.7 Å². The number of pyridine rings is 1. The van der Waals surface area contributed by atoms with Crippen LogP contribution in [0.4, 0.5) is 23.2 Å². The molecular weight excluding hydrogens is 312 g/mol. The number of nitrogens with one attached hydrogen (secondary N) is 1. The molecule has 0 radical (unpaired) electrons. The summed E-state index contributed by atoms with van der Waals surface area (Å²) in [6.07, 6.45) is -3.85. The number of benzene rings is 1. The van der Waals surface area contributed by atoms with E-state index in [4.69, 9.17) is 0 Å². The highest BCUT2D eigenvalue weighted by Gasteiger charge is 2.32. The Bertz CT molecular complexity index is 725. The molecule has 2 aromatic rings. The average Bonchev–Trinajstić information content (AvgIpc) is 2.38. The number of sulfonamides is 1. The highest BCUT2D eigenvalue weighted by atomic mass is 32.2. The van der Waals surface area contributed by atoms with Gasteiger partial charge in [0.05, 0.1) is 16.8 Å². The first-order valence-corrected chi connectivity index (χ1v) is 6.98. The summed E-state index contributed by atoms with van der Waals surface area (Å²) < 4.78 is 75.6. The highest BCUT2D eigenvalue weighted by Crippen LogP contribution is 2.28. The smallest absolute Gasteiger partial charge is 0.278 e. The van der Waals surface area contributed by atoms with Gasteiger partial charge in [-0.05, 0) is 36.4 Å². The summed E-state index contributed by atoms with van der Waals surface area (Å²) in [5.41, 5.74) is -1.26. The van der Waals surface area contributed by atoms with Crippen molar-refractivity contribution in [3.05, 3.63) is 54.1 Å². The normalized spacial score (nSPS) is 12.2. The minimum absolute atomic E-state index is 0.132. The molecule has 0 saturated carbocycles. The van der Waals surface area contributed by atoms with E-state index in [9.17, 15) is 26.0 Å². The number of hydrogen-bond donors (Lipinski definition) is 1. The number of halogens is 4. The van der Waals surface area contributed by atoms with Gasteiger partial charge in [-0.1, -0.05) is 0 Å². The third-order valence-electron chi connectivity index (χ3n) is 2.43. The number of rotatable bonds is 3. The van der Waals surface area contributed by atoms with Gasteiger partial charge >= 0.3 is 6.18 Å². The first-order valence-electron chi connectivity index (χ1n) is 5.50. The lowest BCUT2D eigenvalue weighted by molar-refractivity contribution is -0.141. The van der Waals surface area contributed by atoms with Crippen molar-refractivity contribution in [3.63, 3.8) is 0 Å². The largest absolute Gasteiger partial charge is 0.433 e. The van der Waals surface area contributed by atoms with Crippen LogP contribution in [0.5, 0.6) is 0 Å². The molecule has 0 aliphatic carbocycles. The first-order chi connectivity index (χ1) is 9.68. The molecule has 1 N–H and O–H groups in total. The Morgan fingerprint density at radius 1 is 1.00 bits per heavy atom. The zero-order chi connectivity index (χ0) is 15.7. The molecule has 0 unspecified atom stereocenters. The maximum Gasteiger partial charge on any atom is 0.433 e. The van der Waals surface area contributed by atoms with Gasteiger partial charge in [-0.25, -0.2) is 17.8 Å². The van der Waals surface area contributed by atoms with E-state index in [-0.39, 0.29) is 10.6 Å². The standard InChI is InChI=1S/C12H8F4N2O2S/c13-8-1-4-10(5-2-8)21(19,20)18-9-3-6-11(17-7-9)12(14,15)16/h1-7,18H. The molecule has 112 valence electrons. The maximum atomic E-state index is 12.7. The van der Waals surface area contributed by atoms with Crippen molar-refractivity contribution in [1.29, 1.82) is 0 Å². The van der Waals surface area contributed by atoms with Crippen LogP contribution in [0.25, 0.3) is 0 Å². The lowest BCUT2D eigenvalue weighted by atomic mass is 10.3. The van der Waals surface area contributed by atoms with Crippen molar-refractivity contribution in [2.75, 3.05) is 4.72 Å². The van der Waals surface area contributed by atoms with Crippen LogP contribution < -0.4 is 4.72 Å². The summed E-state index contributed by atoms with van der Waals surface area (Å²) in [6.45, 7) is 0. The van der Waals surface area contributed by atoms with Crippen molar-refractivity contribution < 1.29 is 26.0 Å². The quantitative estimate of drug-likeness (QED) is 0.884. The number of hydrogen-bond acceptors (Lipinski definition) is 3. The Balaban J connectivity index is 2.23. The predicted molar refractivity (Wildman–Crippen MR) is 66.4 cm³/mol. The Hall–Kier alpha value is -2.16. The molecule has 1 heterocycles. The van der Waals surface area contributed by atoms with Crippen molar-refractivity contribution in [1.82, 2.24) is 4.98 Å². The van der Waals surface area contributed by atoms with Crippen LogP contribution in [0.2, 0.25) is 0 Å². The van der Waals surface area contributed by atoms with E-state index in [1.54, 1.807) is 0 Å². The van der Waals surface area contributed by atoms with Gasteiger partial charge < -0.3 is 0 Å². The van der Waals surface area contributed by atoms with Crippen LogP contribution in [0.15, 0.2) is 47.5 Å². The second kappa shape index (κ2) is 5.32. The molecule has 1 aromatic heterocycles. The van der Waals surface area contributed by atoms with Gasteiger partial charge in [0.2, 0.25) is 0 Å². The Kier molecular flexibility index (Phi) is 3.86. The molecule has 9 heteroatoms. The summed E-state index contributed by atoms with van der Waals surface area (Å²) in [5.74, 6) is -0.606. The zero-order valence-corrected chi connectivity index (χ0v) is 11.0. The van der Waals surface area contributed by atoms with Crippen molar-refractivity contribution in [2.45, 2.75) is 11.1 Å². The van der Waals surface area contributed by atoms with Gasteiger partial charge in [0.25, 0.3) is 10.0 Å². The van der Waals surface area contributed by atoms with Crippen LogP contribution in [0.1, 0.15) is 5.69 Å². The topological polar surface area (TPSA) is 59.1 Å². The summed E-state index contributed by atoms with van der Waals surface area (Å²) in [7, 11) is -4.02. The molecule has 0 atom stereocenters. The molecule has 0 fully saturated rings. The van der Waals surface area contributed by atoms with E-state index in [1.165, 1.54) is 0 Å². The van der Waals surface area contributed by atoms with Gasteiger partial charge in [-0.15, -0.1) is 0 Å². The van der Waals surface area contributed by atoms with Gasteiger partial charge in [-0.2, -0.15) is 13.2 Å². The van der Waals surface area contributed by atoms with Gasteiger partial charge in [0.15, 0.2) is 0 Å². The van der Waals surface area contributed by atoms with E-state index in [0.717, 1.165) is 36.5 Å². The average molecular weight is 320 g/mol. The minimum Gasteiger partial charge on any atom is -0.278 e. The molecule has 0 amide bonds. The lowest BCUT2D eigenvalue weighted by Crippen LogP contribution is -2.14. The van der Waals surface area contributed by atoms with E-state index >= 15 is 0 Å². The van der Waals surface area contributed by atoms with Crippen molar-refractivity contribution in [3.8, 4) is 0 Å². The van der Waals surface area contributed by atoms with Crippen LogP contribution in [-0.2, 0) is 16.2 Å². The molecule has 0 bridgehead atoms. The number of anilines is 1. The van der Waals surface area contributed by atoms with Crippen LogP contribution in [-0.4, -0.2) is 13.4 Å². The second-order valence-electron chi connectivity index (χ2n) is 3.99. The number of nitrogens with zero attached hydrogens (tertiary/aromatic N) is 1. The Morgan fingerprint density at radius 3 is 2.10 bits per heavy atom. The summed E-state index contributed by atoms with van der Waals surface area (Å²) in [4.78, 5) is 2.91. The van der Waals surface area contributed by atoms with Crippen LogP contribution >= 0.6 is 0 Å². The minimum atomic E-state index is -4.60. The lowest BCUT2D eigenvalue weighted by Gasteiger charge is -2.09. The van der Waals surface area contributed by atoms with Gasteiger partial charge in [0, 0.05) is 0 Å². The third-order valence-corrected chi connectivity index (χ3v) is 3.83. The summed E-state index contributed by atoms with van der Waals surface area (Å²) >= 11 is 0. The van der Waals surface area contributed by atoms with Crippen molar-refractivity contribution in [2.24, 2.45) is 0 Å². The zero-order valence-electron chi connectivity index (χ0n) is 10.2. The fourth-order valence-corrected chi connectivity index (χ4v) is 2.49. The van der Waals surface area contributed by atoms with Gasteiger partial charge in [0.1, 0.15) is 11.5 Å². The van der Waals surface area contributed by atoms with Crippen LogP contribution in [0, 0.1) is 5.82 Å². The third kappa shape index (κ3) is 3.69. The fourth-order valence-electron chi connectivity index (χ4n) is 1.45. The first kappa shape index (κ1) is 15.2. The Morgan fingerprint density at radius 2 is 1.62 bits per heavy atom. The van der Waals surface area contributed by atoms with E-state index in [1.807, 2.05) is 0 Å². The predicted octanol–water partition coefficient (Wildman–Crippen LogP) is 3.04. The molecule has 4 nitrogen and oxygen atoms in total. The van der Waals surface area contributed by atoms with E-state index in [2.05, 4.69) is 9.71 Å². The molecule has 21 heavy (non-hydrogen) atoms. The van der Waals surface area contributed by atoms with Gasteiger partial charge in [-0.3, -0.25) is 4.72 Å². The molecule has 0 aliphatic rings. The van der Waals surface area contributed by atoms with Crippen molar-refractivity contribution >= 4 is 15.7 Å². The molecule has 0 aliphatic heterocycles. The Labute approximate surface area is 117 Å². The molecule has 1 aromatic carbocycles. The molecular formula is C12H8F4N2O2S. The summed E-state index contributed by atoms with van der Waals surface area (Å²) in [5, 5.41) is 0. The maximum absolute atomic E-state index is 12.7. The SMILES string of the molecule is O=S(=O)(Nc1ccc(C(F)(F)F)nc1)c1ccc(F)cc1. The summed E-state index contributed by atoms with van der Waals surface area (Å²) in [6, 6.07) is 5.59. The molecule has 0 saturated heterocycles. The number of alkyl halides is 3.